The molecule has 2 rings (SSSR count). The summed E-state index contributed by atoms with van der Waals surface area (Å²) in [7, 11) is 0. The van der Waals surface area contributed by atoms with Gasteiger partial charge in [0.1, 0.15) is 11.9 Å². The molecule has 0 bridgehead atoms. The lowest BCUT2D eigenvalue weighted by atomic mass is 9.92. The number of carbonyl (C=O) groups excluding carboxylic acids is 2. The fraction of sp³-hybridized carbons (Fsp3) is 0.526. The maximum atomic E-state index is 13.0. The number of aliphatic carboxylic acids is 1. The van der Waals surface area contributed by atoms with E-state index in [-0.39, 0.29) is 24.2 Å². The molecule has 0 aliphatic carbocycles. The molecule has 1 saturated heterocycles. The Morgan fingerprint density at radius 2 is 1.77 bits per heavy atom. The maximum Gasteiger partial charge on any atom is 0.303 e. The molecule has 1 aliphatic rings. The van der Waals surface area contributed by atoms with Gasteiger partial charge < -0.3 is 15.3 Å². The van der Waals surface area contributed by atoms with Gasteiger partial charge in [-0.1, -0.05) is 13.8 Å². The number of halogens is 1. The second-order valence-corrected chi connectivity index (χ2v) is 7.07. The van der Waals surface area contributed by atoms with E-state index in [0.717, 1.165) is 0 Å². The van der Waals surface area contributed by atoms with Crippen molar-refractivity contribution in [2.45, 2.75) is 39.2 Å². The number of hydrogen-bond acceptors (Lipinski definition) is 3. The van der Waals surface area contributed by atoms with Crippen molar-refractivity contribution >= 4 is 17.8 Å². The predicted molar refractivity (Wildman–Crippen MR) is 94.0 cm³/mol. The zero-order valence-electron chi connectivity index (χ0n) is 15.1. The molecule has 1 aromatic carbocycles. The minimum atomic E-state index is -0.818. The fourth-order valence-electron chi connectivity index (χ4n) is 3.14. The average molecular weight is 364 g/mol. The second kappa shape index (κ2) is 8.78. The molecule has 0 saturated carbocycles. The van der Waals surface area contributed by atoms with Crippen molar-refractivity contribution in [2.75, 3.05) is 13.1 Å². The molecule has 0 radical (unpaired) electrons. The standard InChI is InChI=1S/C19H25FN2O4/c1-12(2)17(21-18(25)14-3-5-15(20)6-4-14)19(26)22-9-7-13(8-10-22)11-16(23)24/h3-6,12-13,17H,7-11H2,1-2H3,(H,21,25)(H,23,24). The number of likely N-dealkylation sites (tertiary alicyclic amines) is 1. The Balaban J connectivity index is 1.98. The molecule has 1 fully saturated rings. The molecule has 1 unspecified atom stereocenters. The Morgan fingerprint density at radius 3 is 2.27 bits per heavy atom. The lowest BCUT2D eigenvalue weighted by molar-refractivity contribution is -0.139. The molecular formula is C19H25FN2O4. The zero-order chi connectivity index (χ0) is 19.3. The number of carbonyl (C=O) groups is 3. The van der Waals surface area contributed by atoms with Crippen molar-refractivity contribution < 1.29 is 23.9 Å². The maximum absolute atomic E-state index is 13.0. The van der Waals surface area contributed by atoms with Crippen LogP contribution >= 0.6 is 0 Å². The van der Waals surface area contributed by atoms with E-state index in [2.05, 4.69) is 5.32 Å². The summed E-state index contributed by atoms with van der Waals surface area (Å²) in [5.41, 5.74) is 0.296. The number of piperidine rings is 1. The lowest BCUT2D eigenvalue weighted by Gasteiger charge is -2.35. The topological polar surface area (TPSA) is 86.7 Å². The molecule has 2 amide bonds. The van der Waals surface area contributed by atoms with Crippen molar-refractivity contribution in [3.05, 3.63) is 35.6 Å². The molecule has 1 atom stereocenters. The first-order valence-electron chi connectivity index (χ1n) is 8.85. The number of carboxylic acid groups (broad SMARTS) is 1. The number of benzene rings is 1. The van der Waals surface area contributed by atoms with E-state index in [9.17, 15) is 18.8 Å². The number of nitrogens with one attached hydrogen (secondary N) is 1. The molecule has 142 valence electrons. The number of rotatable bonds is 6. The first kappa shape index (κ1) is 19.9. The van der Waals surface area contributed by atoms with Gasteiger partial charge in [0, 0.05) is 25.1 Å². The van der Waals surface area contributed by atoms with Crippen LogP contribution in [0.25, 0.3) is 0 Å². The monoisotopic (exact) mass is 364 g/mol. The van der Waals surface area contributed by atoms with E-state index in [1.54, 1.807) is 4.90 Å². The fourth-order valence-corrected chi connectivity index (χ4v) is 3.14. The van der Waals surface area contributed by atoms with E-state index >= 15 is 0 Å². The van der Waals surface area contributed by atoms with Crippen LogP contribution in [0.3, 0.4) is 0 Å². The van der Waals surface area contributed by atoms with Crippen LogP contribution in [0.1, 0.15) is 43.5 Å². The lowest BCUT2D eigenvalue weighted by Crippen LogP contribution is -2.53. The number of amides is 2. The third-order valence-corrected chi connectivity index (χ3v) is 4.72. The average Bonchev–Trinajstić information content (AvgIpc) is 2.59. The van der Waals surface area contributed by atoms with Gasteiger partial charge in [-0.25, -0.2) is 4.39 Å². The number of nitrogens with zero attached hydrogens (tertiary/aromatic N) is 1. The van der Waals surface area contributed by atoms with Gasteiger partial charge in [-0.3, -0.25) is 14.4 Å². The van der Waals surface area contributed by atoms with Crippen LogP contribution in [-0.2, 0) is 9.59 Å². The van der Waals surface area contributed by atoms with Crippen molar-refractivity contribution in [3.63, 3.8) is 0 Å². The van der Waals surface area contributed by atoms with Crippen LogP contribution in [0.4, 0.5) is 4.39 Å². The largest absolute Gasteiger partial charge is 0.481 e. The summed E-state index contributed by atoms with van der Waals surface area (Å²) >= 11 is 0. The minimum Gasteiger partial charge on any atom is -0.481 e. The van der Waals surface area contributed by atoms with Gasteiger partial charge in [-0.15, -0.1) is 0 Å². The Hall–Kier alpha value is -2.44. The molecule has 1 aliphatic heterocycles. The summed E-state index contributed by atoms with van der Waals surface area (Å²) in [6.07, 6.45) is 1.42. The first-order valence-corrected chi connectivity index (χ1v) is 8.85. The van der Waals surface area contributed by atoms with Crippen LogP contribution in [0.2, 0.25) is 0 Å². The van der Waals surface area contributed by atoms with Gasteiger partial charge in [-0.05, 0) is 48.9 Å². The molecule has 0 spiro atoms. The van der Waals surface area contributed by atoms with Crippen molar-refractivity contribution in [1.82, 2.24) is 10.2 Å². The Kier molecular flexibility index (Phi) is 6.71. The van der Waals surface area contributed by atoms with E-state index < -0.39 is 23.7 Å². The molecule has 7 heteroatoms. The molecule has 6 nitrogen and oxygen atoms in total. The van der Waals surface area contributed by atoms with Gasteiger partial charge >= 0.3 is 5.97 Å². The van der Waals surface area contributed by atoms with Gasteiger partial charge in [0.2, 0.25) is 5.91 Å². The smallest absolute Gasteiger partial charge is 0.303 e. The normalized spacial score (nSPS) is 16.4. The third kappa shape index (κ3) is 5.28. The zero-order valence-corrected chi connectivity index (χ0v) is 15.1. The Bertz CT molecular complexity index is 652. The molecule has 1 aromatic rings. The summed E-state index contributed by atoms with van der Waals surface area (Å²) in [5, 5.41) is 11.6. The van der Waals surface area contributed by atoms with Gasteiger partial charge in [0.25, 0.3) is 5.91 Å². The quantitative estimate of drug-likeness (QED) is 0.811. The summed E-state index contributed by atoms with van der Waals surface area (Å²) in [6.45, 7) is 4.69. The van der Waals surface area contributed by atoms with Crippen LogP contribution in [0.5, 0.6) is 0 Å². The number of carboxylic acids is 1. The molecular weight excluding hydrogens is 339 g/mol. The SMILES string of the molecule is CC(C)C(NC(=O)c1ccc(F)cc1)C(=O)N1CCC(CC(=O)O)CC1. The van der Waals surface area contributed by atoms with Crippen molar-refractivity contribution in [2.24, 2.45) is 11.8 Å². The van der Waals surface area contributed by atoms with Crippen LogP contribution < -0.4 is 5.32 Å². The summed E-state index contributed by atoms with van der Waals surface area (Å²) in [4.78, 5) is 37.7. The second-order valence-electron chi connectivity index (χ2n) is 7.07. The highest BCUT2D eigenvalue weighted by Gasteiger charge is 2.31. The van der Waals surface area contributed by atoms with E-state index in [1.807, 2.05) is 13.8 Å². The highest BCUT2D eigenvalue weighted by Crippen LogP contribution is 2.22. The van der Waals surface area contributed by atoms with E-state index in [0.29, 0.717) is 31.5 Å². The minimum absolute atomic E-state index is 0.0860. The van der Waals surface area contributed by atoms with Crippen molar-refractivity contribution in [3.8, 4) is 0 Å². The summed E-state index contributed by atoms with van der Waals surface area (Å²) in [5.74, 6) is -1.85. The third-order valence-electron chi connectivity index (χ3n) is 4.72. The van der Waals surface area contributed by atoms with E-state index in [4.69, 9.17) is 5.11 Å². The van der Waals surface area contributed by atoms with Crippen LogP contribution in [0, 0.1) is 17.7 Å². The highest BCUT2D eigenvalue weighted by molar-refractivity contribution is 5.97. The van der Waals surface area contributed by atoms with Gasteiger partial charge in [0.15, 0.2) is 0 Å². The van der Waals surface area contributed by atoms with E-state index in [1.165, 1.54) is 24.3 Å². The van der Waals surface area contributed by atoms with Crippen LogP contribution in [-0.4, -0.2) is 46.9 Å². The van der Waals surface area contributed by atoms with Gasteiger partial charge in [0.05, 0.1) is 0 Å². The number of hydrogen-bond donors (Lipinski definition) is 2. The molecule has 0 aromatic heterocycles. The molecule has 1 heterocycles. The molecule has 2 N–H and O–H groups in total. The van der Waals surface area contributed by atoms with Crippen LogP contribution in [0.15, 0.2) is 24.3 Å². The summed E-state index contributed by atoms with van der Waals surface area (Å²) in [6, 6.07) is 4.49. The van der Waals surface area contributed by atoms with Crippen molar-refractivity contribution in [1.29, 1.82) is 0 Å². The predicted octanol–water partition coefficient (Wildman–Crippen LogP) is 2.29. The van der Waals surface area contributed by atoms with Gasteiger partial charge in [-0.2, -0.15) is 0 Å². The Labute approximate surface area is 152 Å². The Morgan fingerprint density at radius 1 is 1.19 bits per heavy atom. The molecule has 26 heavy (non-hydrogen) atoms. The summed E-state index contributed by atoms with van der Waals surface area (Å²) < 4.78 is 13.0. The first-order chi connectivity index (χ1) is 12.3. The highest BCUT2D eigenvalue weighted by atomic mass is 19.1.